The summed E-state index contributed by atoms with van der Waals surface area (Å²) in [6, 6.07) is 5.15. The molecular formula is C13H20N2OS. The third kappa shape index (κ3) is 3.07. The third-order valence-electron chi connectivity index (χ3n) is 3.36. The molecule has 2 heterocycles. The van der Waals surface area contributed by atoms with Gasteiger partial charge in [0.25, 0.3) is 0 Å². The zero-order valence-corrected chi connectivity index (χ0v) is 11.3. The van der Waals surface area contributed by atoms with Crippen LogP contribution in [0.5, 0.6) is 0 Å². The minimum Gasteiger partial charge on any atom is -0.344 e. The molecule has 1 aliphatic heterocycles. The Balaban J connectivity index is 1.93. The molecule has 2 unspecified atom stereocenters. The van der Waals surface area contributed by atoms with Gasteiger partial charge < -0.3 is 10.2 Å². The van der Waals surface area contributed by atoms with Crippen LogP contribution in [0.3, 0.4) is 0 Å². The number of carbonyl (C=O) groups is 1. The number of nitrogens with one attached hydrogen (secondary N) is 1. The molecular weight excluding hydrogens is 232 g/mol. The Morgan fingerprint density at radius 3 is 3.06 bits per heavy atom. The molecule has 0 aromatic carbocycles. The van der Waals surface area contributed by atoms with Gasteiger partial charge in [0.15, 0.2) is 0 Å². The second kappa shape index (κ2) is 5.65. The summed E-state index contributed by atoms with van der Waals surface area (Å²) in [5.41, 5.74) is 0. The number of hydrogen-bond acceptors (Lipinski definition) is 3. The zero-order chi connectivity index (χ0) is 12.3. The molecule has 94 valence electrons. The van der Waals surface area contributed by atoms with Crippen LogP contribution in [0.4, 0.5) is 0 Å². The molecule has 0 bridgehead atoms. The number of hydrogen-bond donors (Lipinski definition) is 1. The first-order valence-electron chi connectivity index (χ1n) is 6.24. The van der Waals surface area contributed by atoms with Crippen LogP contribution in [0, 0.1) is 0 Å². The smallest absolute Gasteiger partial charge is 0.222 e. The van der Waals surface area contributed by atoms with Crippen LogP contribution in [-0.4, -0.2) is 30.4 Å². The van der Waals surface area contributed by atoms with Gasteiger partial charge in [-0.3, -0.25) is 4.79 Å². The van der Waals surface area contributed by atoms with E-state index in [1.807, 2.05) is 11.9 Å². The van der Waals surface area contributed by atoms with Crippen molar-refractivity contribution in [3.63, 3.8) is 0 Å². The molecule has 3 nitrogen and oxygen atoms in total. The first-order chi connectivity index (χ1) is 8.20. The Kier molecular flexibility index (Phi) is 4.18. The number of piperidine rings is 1. The van der Waals surface area contributed by atoms with E-state index in [1.165, 1.54) is 4.88 Å². The van der Waals surface area contributed by atoms with Crippen LogP contribution >= 0.6 is 11.3 Å². The Morgan fingerprint density at radius 2 is 2.47 bits per heavy atom. The molecule has 1 saturated heterocycles. The standard InChI is InChI=1S/C13H20N2OS/c1-3-11(12-5-4-8-17-12)14-10-6-7-13(16)15(2)9-10/h4-5,8,10-11,14H,3,6-7,9H2,1-2H3. The zero-order valence-electron chi connectivity index (χ0n) is 10.5. The number of likely N-dealkylation sites (tertiary alicyclic amines) is 1. The maximum Gasteiger partial charge on any atom is 0.222 e. The van der Waals surface area contributed by atoms with E-state index in [-0.39, 0.29) is 5.91 Å². The van der Waals surface area contributed by atoms with Gasteiger partial charge in [-0.1, -0.05) is 13.0 Å². The van der Waals surface area contributed by atoms with E-state index in [0.29, 0.717) is 18.5 Å². The molecule has 2 atom stereocenters. The summed E-state index contributed by atoms with van der Waals surface area (Å²) in [4.78, 5) is 14.7. The normalized spacial score (nSPS) is 22.8. The fourth-order valence-corrected chi connectivity index (χ4v) is 3.19. The molecule has 0 aliphatic carbocycles. The fourth-order valence-electron chi connectivity index (χ4n) is 2.32. The number of likely N-dealkylation sites (N-methyl/N-ethyl adjacent to an activating group) is 1. The van der Waals surface area contributed by atoms with E-state index in [9.17, 15) is 4.79 Å². The highest BCUT2D eigenvalue weighted by molar-refractivity contribution is 7.10. The second-order valence-electron chi connectivity index (χ2n) is 4.65. The molecule has 1 aromatic heterocycles. The lowest BCUT2D eigenvalue weighted by Crippen LogP contribution is -2.47. The summed E-state index contributed by atoms with van der Waals surface area (Å²) in [5, 5.41) is 5.80. The summed E-state index contributed by atoms with van der Waals surface area (Å²) in [5.74, 6) is 0.271. The summed E-state index contributed by atoms with van der Waals surface area (Å²) in [7, 11) is 1.89. The van der Waals surface area contributed by atoms with Gasteiger partial charge in [-0.2, -0.15) is 0 Å². The van der Waals surface area contributed by atoms with E-state index in [4.69, 9.17) is 0 Å². The molecule has 1 aromatic rings. The Hall–Kier alpha value is -0.870. The molecule has 0 spiro atoms. The van der Waals surface area contributed by atoms with Crippen molar-refractivity contribution in [3.8, 4) is 0 Å². The highest BCUT2D eigenvalue weighted by Gasteiger charge is 2.24. The first kappa shape index (κ1) is 12.6. The van der Waals surface area contributed by atoms with Crippen molar-refractivity contribution in [1.29, 1.82) is 0 Å². The van der Waals surface area contributed by atoms with Crippen molar-refractivity contribution in [3.05, 3.63) is 22.4 Å². The van der Waals surface area contributed by atoms with Gasteiger partial charge in [0.05, 0.1) is 0 Å². The maximum absolute atomic E-state index is 11.4. The van der Waals surface area contributed by atoms with E-state index in [1.54, 1.807) is 11.3 Å². The Morgan fingerprint density at radius 1 is 1.65 bits per heavy atom. The summed E-state index contributed by atoms with van der Waals surface area (Å²) >= 11 is 1.80. The average molecular weight is 252 g/mol. The number of amides is 1. The maximum atomic E-state index is 11.4. The lowest BCUT2D eigenvalue weighted by Gasteiger charge is -2.32. The van der Waals surface area contributed by atoms with Crippen molar-refractivity contribution >= 4 is 17.2 Å². The lowest BCUT2D eigenvalue weighted by atomic mass is 10.0. The molecule has 17 heavy (non-hydrogen) atoms. The largest absolute Gasteiger partial charge is 0.344 e. The number of rotatable bonds is 4. The highest BCUT2D eigenvalue weighted by Crippen LogP contribution is 2.23. The number of thiophene rings is 1. The molecule has 2 rings (SSSR count). The van der Waals surface area contributed by atoms with Crippen LogP contribution in [0.1, 0.15) is 37.1 Å². The predicted molar refractivity (Wildman–Crippen MR) is 71.1 cm³/mol. The second-order valence-corrected chi connectivity index (χ2v) is 5.63. The van der Waals surface area contributed by atoms with Gasteiger partial charge in [0.2, 0.25) is 5.91 Å². The predicted octanol–water partition coefficient (Wildman–Crippen LogP) is 2.41. The molecule has 1 fully saturated rings. The molecule has 0 radical (unpaired) electrons. The number of carbonyl (C=O) groups excluding carboxylic acids is 1. The van der Waals surface area contributed by atoms with Crippen molar-refractivity contribution in [2.75, 3.05) is 13.6 Å². The van der Waals surface area contributed by atoms with Crippen molar-refractivity contribution in [2.45, 2.75) is 38.3 Å². The van der Waals surface area contributed by atoms with E-state index >= 15 is 0 Å². The van der Waals surface area contributed by atoms with Gasteiger partial charge in [0.1, 0.15) is 0 Å². The van der Waals surface area contributed by atoms with Gasteiger partial charge >= 0.3 is 0 Å². The van der Waals surface area contributed by atoms with Crippen molar-refractivity contribution in [1.82, 2.24) is 10.2 Å². The highest BCUT2D eigenvalue weighted by atomic mass is 32.1. The Labute approximate surface area is 107 Å². The first-order valence-corrected chi connectivity index (χ1v) is 7.12. The molecule has 0 saturated carbocycles. The number of nitrogens with zero attached hydrogens (tertiary/aromatic N) is 1. The van der Waals surface area contributed by atoms with E-state index < -0.39 is 0 Å². The third-order valence-corrected chi connectivity index (χ3v) is 4.34. The molecule has 4 heteroatoms. The summed E-state index contributed by atoms with van der Waals surface area (Å²) in [6.07, 6.45) is 2.73. The quantitative estimate of drug-likeness (QED) is 0.892. The SMILES string of the molecule is CCC(NC1CCC(=O)N(C)C1)c1cccs1. The van der Waals surface area contributed by atoms with Crippen LogP contribution in [0.15, 0.2) is 17.5 Å². The van der Waals surface area contributed by atoms with Crippen molar-refractivity contribution in [2.24, 2.45) is 0 Å². The van der Waals surface area contributed by atoms with Crippen LogP contribution < -0.4 is 5.32 Å². The lowest BCUT2D eigenvalue weighted by molar-refractivity contribution is -0.132. The molecule has 1 amide bonds. The fraction of sp³-hybridized carbons (Fsp3) is 0.615. The van der Waals surface area contributed by atoms with Crippen LogP contribution in [0.25, 0.3) is 0 Å². The van der Waals surface area contributed by atoms with Gasteiger partial charge in [-0.25, -0.2) is 0 Å². The van der Waals surface area contributed by atoms with Crippen LogP contribution in [-0.2, 0) is 4.79 Å². The monoisotopic (exact) mass is 252 g/mol. The average Bonchev–Trinajstić information content (AvgIpc) is 2.84. The minimum atomic E-state index is 0.271. The minimum absolute atomic E-state index is 0.271. The summed E-state index contributed by atoms with van der Waals surface area (Å²) < 4.78 is 0. The van der Waals surface area contributed by atoms with Gasteiger partial charge in [-0.05, 0) is 24.3 Å². The van der Waals surface area contributed by atoms with Gasteiger partial charge in [-0.15, -0.1) is 11.3 Å². The van der Waals surface area contributed by atoms with Gasteiger partial charge in [0, 0.05) is 37.0 Å². The van der Waals surface area contributed by atoms with E-state index in [2.05, 4.69) is 29.8 Å². The topological polar surface area (TPSA) is 32.3 Å². The molecule has 1 aliphatic rings. The molecule has 1 N–H and O–H groups in total. The van der Waals surface area contributed by atoms with Crippen molar-refractivity contribution < 1.29 is 4.79 Å². The Bertz CT molecular complexity index is 364. The van der Waals surface area contributed by atoms with Crippen LogP contribution in [0.2, 0.25) is 0 Å². The van der Waals surface area contributed by atoms with E-state index in [0.717, 1.165) is 19.4 Å². The summed E-state index contributed by atoms with van der Waals surface area (Å²) in [6.45, 7) is 3.04.